The molecule has 0 aromatic heterocycles. The van der Waals surface area contributed by atoms with Gasteiger partial charge in [0.25, 0.3) is 0 Å². The predicted octanol–water partition coefficient (Wildman–Crippen LogP) is 3.84. The number of nitrogens with zero attached hydrogens (tertiary/aromatic N) is 1. The van der Waals surface area contributed by atoms with Crippen molar-refractivity contribution in [3.63, 3.8) is 0 Å². The van der Waals surface area contributed by atoms with Crippen molar-refractivity contribution in [3.05, 3.63) is 29.8 Å². The van der Waals surface area contributed by atoms with Gasteiger partial charge in [-0.1, -0.05) is 32.4 Å². The van der Waals surface area contributed by atoms with Crippen LogP contribution < -0.4 is 0 Å². The molecule has 0 amide bonds. The van der Waals surface area contributed by atoms with Gasteiger partial charge in [-0.05, 0) is 57.0 Å². The molecule has 1 heterocycles. The molecule has 2 nitrogen and oxygen atoms in total. The van der Waals surface area contributed by atoms with Crippen LogP contribution >= 0.6 is 0 Å². The minimum Gasteiger partial charge on any atom is -0.508 e. The average Bonchev–Trinajstić information content (AvgIpc) is 2.78. The largest absolute Gasteiger partial charge is 0.508 e. The van der Waals surface area contributed by atoms with Gasteiger partial charge in [-0.15, -0.1) is 0 Å². The monoisotopic (exact) mass is 249 g/mol. The van der Waals surface area contributed by atoms with Gasteiger partial charge >= 0.3 is 0 Å². The van der Waals surface area contributed by atoms with Crippen LogP contribution in [0.1, 0.15) is 45.1 Å². The first kappa shape index (κ1) is 15.0. The van der Waals surface area contributed by atoms with Crippen LogP contribution in [0.5, 0.6) is 5.75 Å². The zero-order chi connectivity index (χ0) is 13.4. The van der Waals surface area contributed by atoms with Gasteiger partial charge in [0.15, 0.2) is 0 Å². The van der Waals surface area contributed by atoms with E-state index >= 15 is 0 Å². The van der Waals surface area contributed by atoms with Crippen molar-refractivity contribution in [3.8, 4) is 5.75 Å². The smallest absolute Gasteiger partial charge is 0.115 e. The van der Waals surface area contributed by atoms with Crippen molar-refractivity contribution in [2.45, 2.75) is 52.0 Å². The van der Waals surface area contributed by atoms with Crippen molar-refractivity contribution in [1.29, 1.82) is 0 Å². The zero-order valence-corrected chi connectivity index (χ0v) is 12.0. The first-order chi connectivity index (χ1) is 8.67. The fourth-order valence-corrected chi connectivity index (χ4v) is 2.41. The lowest BCUT2D eigenvalue weighted by Gasteiger charge is -2.17. The van der Waals surface area contributed by atoms with Gasteiger partial charge in [-0.25, -0.2) is 0 Å². The van der Waals surface area contributed by atoms with Crippen LogP contribution in [0, 0.1) is 0 Å². The quantitative estimate of drug-likeness (QED) is 0.880. The molecule has 1 saturated heterocycles. The highest BCUT2D eigenvalue weighted by Gasteiger charge is 2.18. The molecule has 0 radical (unpaired) electrons. The maximum Gasteiger partial charge on any atom is 0.115 e. The molecule has 1 aromatic carbocycles. The Morgan fingerprint density at radius 2 is 1.89 bits per heavy atom. The van der Waals surface area contributed by atoms with E-state index in [4.69, 9.17) is 5.11 Å². The summed E-state index contributed by atoms with van der Waals surface area (Å²) in [6, 6.07) is 8.18. The zero-order valence-electron chi connectivity index (χ0n) is 12.0. The normalized spacial score (nSPS) is 19.4. The van der Waals surface area contributed by atoms with E-state index in [1.54, 1.807) is 12.1 Å². The highest BCUT2D eigenvalue weighted by molar-refractivity contribution is 5.25. The summed E-state index contributed by atoms with van der Waals surface area (Å²) in [5.41, 5.74) is 1.26. The number of phenolic OH excluding ortho intramolecular Hbond substituents is 1. The standard InChI is InChI=1S/C8H17N.C8H10O/c1-3-5-8-6-4-7-9(8)2;1-2-7-3-5-8(9)6-4-7/h8H,3-7H2,1-2H3;3-6,9H,2H2,1H3/t8-;/m1./s1. The second-order valence-electron chi connectivity index (χ2n) is 5.09. The number of likely N-dealkylation sites (tertiary alicyclic amines) is 1. The van der Waals surface area contributed by atoms with Gasteiger partial charge in [0.05, 0.1) is 0 Å². The van der Waals surface area contributed by atoms with E-state index in [9.17, 15) is 0 Å². The molecule has 2 heteroatoms. The molecule has 1 aliphatic rings. The lowest BCUT2D eigenvalue weighted by atomic mass is 10.1. The number of aromatic hydroxyl groups is 1. The highest BCUT2D eigenvalue weighted by Crippen LogP contribution is 2.18. The van der Waals surface area contributed by atoms with Crippen LogP contribution in [-0.2, 0) is 6.42 Å². The van der Waals surface area contributed by atoms with Crippen LogP contribution in [0.3, 0.4) is 0 Å². The minimum absolute atomic E-state index is 0.340. The molecule has 0 bridgehead atoms. The van der Waals surface area contributed by atoms with E-state index in [0.717, 1.165) is 12.5 Å². The number of hydrogen-bond acceptors (Lipinski definition) is 2. The summed E-state index contributed by atoms with van der Waals surface area (Å²) in [6.07, 6.45) is 6.62. The molecule has 0 unspecified atom stereocenters. The first-order valence-electron chi connectivity index (χ1n) is 7.15. The first-order valence-corrected chi connectivity index (χ1v) is 7.15. The van der Waals surface area contributed by atoms with Gasteiger partial charge in [0.1, 0.15) is 5.75 Å². The van der Waals surface area contributed by atoms with Gasteiger partial charge in [-0.3, -0.25) is 0 Å². The Morgan fingerprint density at radius 1 is 1.22 bits per heavy atom. The van der Waals surface area contributed by atoms with Crippen LogP contribution in [0.15, 0.2) is 24.3 Å². The molecule has 18 heavy (non-hydrogen) atoms. The Kier molecular flexibility index (Phi) is 6.81. The Labute approximate surface area is 112 Å². The number of phenols is 1. The Balaban J connectivity index is 0.000000180. The van der Waals surface area contributed by atoms with E-state index in [2.05, 4.69) is 25.8 Å². The van der Waals surface area contributed by atoms with Crippen LogP contribution in [-0.4, -0.2) is 29.6 Å². The van der Waals surface area contributed by atoms with Crippen LogP contribution in [0.2, 0.25) is 0 Å². The van der Waals surface area contributed by atoms with Crippen LogP contribution in [0.4, 0.5) is 0 Å². The summed E-state index contributed by atoms with van der Waals surface area (Å²) in [4.78, 5) is 2.49. The van der Waals surface area contributed by atoms with E-state index in [0.29, 0.717) is 5.75 Å². The van der Waals surface area contributed by atoms with Gasteiger partial charge in [0.2, 0.25) is 0 Å². The highest BCUT2D eigenvalue weighted by atomic mass is 16.3. The Bertz CT molecular complexity index is 320. The van der Waals surface area contributed by atoms with Gasteiger partial charge in [-0.2, -0.15) is 0 Å². The van der Waals surface area contributed by atoms with E-state index in [1.165, 1.54) is 37.8 Å². The molecule has 1 atom stereocenters. The summed E-state index contributed by atoms with van der Waals surface area (Å²) in [5, 5.41) is 8.85. The molecule has 0 spiro atoms. The molecular weight excluding hydrogens is 222 g/mol. The van der Waals surface area contributed by atoms with Crippen molar-refractivity contribution in [2.75, 3.05) is 13.6 Å². The topological polar surface area (TPSA) is 23.5 Å². The van der Waals surface area contributed by atoms with Crippen LogP contribution in [0.25, 0.3) is 0 Å². The molecule has 0 saturated carbocycles. The summed E-state index contributed by atoms with van der Waals surface area (Å²) in [7, 11) is 2.24. The number of aryl methyl sites for hydroxylation is 1. The maximum atomic E-state index is 8.85. The minimum atomic E-state index is 0.340. The second kappa shape index (κ2) is 8.15. The lowest BCUT2D eigenvalue weighted by Crippen LogP contribution is -2.24. The van der Waals surface area contributed by atoms with E-state index in [1.807, 2.05) is 12.1 Å². The molecule has 1 aromatic rings. The van der Waals surface area contributed by atoms with Crippen molar-refractivity contribution in [1.82, 2.24) is 4.90 Å². The van der Waals surface area contributed by atoms with Gasteiger partial charge < -0.3 is 10.0 Å². The fourth-order valence-electron chi connectivity index (χ4n) is 2.41. The molecule has 102 valence electrons. The van der Waals surface area contributed by atoms with Crippen molar-refractivity contribution < 1.29 is 5.11 Å². The van der Waals surface area contributed by atoms with Crippen molar-refractivity contribution in [2.24, 2.45) is 0 Å². The lowest BCUT2D eigenvalue weighted by molar-refractivity contribution is 0.295. The number of benzene rings is 1. The third-order valence-electron chi connectivity index (χ3n) is 3.64. The molecule has 1 N–H and O–H groups in total. The van der Waals surface area contributed by atoms with Gasteiger partial charge in [0, 0.05) is 6.04 Å². The molecule has 2 rings (SSSR count). The summed E-state index contributed by atoms with van der Waals surface area (Å²) in [6.45, 7) is 5.68. The average molecular weight is 249 g/mol. The molecule has 1 aliphatic heterocycles. The third kappa shape index (κ3) is 5.09. The Hall–Kier alpha value is -1.02. The summed E-state index contributed by atoms with van der Waals surface area (Å²) >= 11 is 0. The number of rotatable bonds is 3. The SMILES string of the molecule is CCC[C@@H]1CCCN1C.CCc1ccc(O)cc1. The second-order valence-corrected chi connectivity index (χ2v) is 5.09. The fraction of sp³-hybridized carbons (Fsp3) is 0.625. The molecular formula is C16H27NO. The maximum absolute atomic E-state index is 8.85. The van der Waals surface area contributed by atoms with E-state index < -0.39 is 0 Å². The van der Waals surface area contributed by atoms with Crippen molar-refractivity contribution >= 4 is 0 Å². The third-order valence-corrected chi connectivity index (χ3v) is 3.64. The molecule has 0 aliphatic carbocycles. The summed E-state index contributed by atoms with van der Waals surface area (Å²) < 4.78 is 0. The Morgan fingerprint density at radius 3 is 2.33 bits per heavy atom. The molecule has 1 fully saturated rings. The van der Waals surface area contributed by atoms with E-state index in [-0.39, 0.29) is 0 Å². The summed E-state index contributed by atoms with van der Waals surface area (Å²) in [5.74, 6) is 0.340. The number of hydrogen-bond donors (Lipinski definition) is 1. The predicted molar refractivity (Wildman–Crippen MR) is 78.0 cm³/mol.